The van der Waals surface area contributed by atoms with E-state index in [1.165, 1.54) is 17.2 Å². The molecule has 2 heterocycles. The third-order valence-electron chi connectivity index (χ3n) is 5.36. The number of esters is 1. The molecular formula is C26H26N4O2. The highest BCUT2D eigenvalue weighted by Gasteiger charge is 2.10. The standard InChI is InChI=1S/C26H26N4O2/c1-19-5-7-22(8-6-19)17-30-21(3)25(20(2)28-30)13-14-26(31)32-18-23-9-11-24(12-10-23)29-16-4-15-27-29/h4-16H,17-18H2,1-3H3/b14-13+. The summed E-state index contributed by atoms with van der Waals surface area (Å²) in [6.45, 7) is 6.95. The lowest BCUT2D eigenvalue weighted by atomic mass is 10.1. The molecule has 0 N–H and O–H groups in total. The molecule has 0 aliphatic carbocycles. The van der Waals surface area contributed by atoms with Crippen LogP contribution in [0.5, 0.6) is 0 Å². The maximum absolute atomic E-state index is 12.2. The van der Waals surface area contributed by atoms with Crippen LogP contribution < -0.4 is 0 Å². The molecule has 6 nitrogen and oxygen atoms in total. The molecule has 0 aliphatic rings. The summed E-state index contributed by atoms with van der Waals surface area (Å²) in [7, 11) is 0. The summed E-state index contributed by atoms with van der Waals surface area (Å²) >= 11 is 0. The van der Waals surface area contributed by atoms with E-state index in [-0.39, 0.29) is 12.6 Å². The third kappa shape index (κ3) is 5.03. The van der Waals surface area contributed by atoms with Gasteiger partial charge in [-0.15, -0.1) is 0 Å². The number of aromatic nitrogens is 4. The van der Waals surface area contributed by atoms with Gasteiger partial charge in [0.05, 0.1) is 17.9 Å². The lowest BCUT2D eigenvalue weighted by molar-refractivity contribution is -0.138. The van der Waals surface area contributed by atoms with E-state index in [9.17, 15) is 4.79 Å². The van der Waals surface area contributed by atoms with Crippen LogP contribution in [0.1, 0.15) is 33.6 Å². The summed E-state index contributed by atoms with van der Waals surface area (Å²) in [5, 5.41) is 8.84. The van der Waals surface area contributed by atoms with Crippen molar-refractivity contribution >= 4 is 12.0 Å². The number of benzene rings is 2. The van der Waals surface area contributed by atoms with Gasteiger partial charge in [0, 0.05) is 29.7 Å². The zero-order chi connectivity index (χ0) is 22.5. The van der Waals surface area contributed by atoms with Gasteiger partial charge in [0.25, 0.3) is 0 Å². The Bertz CT molecular complexity index is 1220. The van der Waals surface area contributed by atoms with E-state index in [1.807, 2.05) is 55.1 Å². The van der Waals surface area contributed by atoms with Crippen LogP contribution >= 0.6 is 0 Å². The number of nitrogens with zero attached hydrogens (tertiary/aromatic N) is 4. The van der Waals surface area contributed by atoms with E-state index in [4.69, 9.17) is 4.74 Å². The zero-order valence-electron chi connectivity index (χ0n) is 18.5. The number of hydrogen-bond acceptors (Lipinski definition) is 4. The molecule has 0 fully saturated rings. The minimum atomic E-state index is -0.383. The molecule has 4 rings (SSSR count). The van der Waals surface area contributed by atoms with Crippen LogP contribution in [0.3, 0.4) is 0 Å². The largest absolute Gasteiger partial charge is 0.458 e. The number of rotatable bonds is 7. The fraction of sp³-hybridized carbons (Fsp3) is 0.192. The normalized spacial score (nSPS) is 11.2. The van der Waals surface area contributed by atoms with Gasteiger partial charge in [-0.2, -0.15) is 10.2 Å². The first-order valence-electron chi connectivity index (χ1n) is 10.5. The summed E-state index contributed by atoms with van der Waals surface area (Å²) in [6, 6.07) is 18.0. The Morgan fingerprint density at radius 2 is 1.72 bits per heavy atom. The predicted molar refractivity (Wildman–Crippen MR) is 124 cm³/mol. The lowest BCUT2D eigenvalue weighted by Crippen LogP contribution is -2.04. The van der Waals surface area contributed by atoms with Gasteiger partial charge >= 0.3 is 5.97 Å². The molecule has 0 atom stereocenters. The number of aryl methyl sites for hydroxylation is 2. The van der Waals surface area contributed by atoms with Crippen LogP contribution in [0.4, 0.5) is 0 Å². The number of carbonyl (C=O) groups excluding carboxylic acids is 1. The van der Waals surface area contributed by atoms with Gasteiger partial charge in [-0.1, -0.05) is 42.0 Å². The fourth-order valence-electron chi connectivity index (χ4n) is 3.49. The van der Waals surface area contributed by atoms with Crippen molar-refractivity contribution in [3.63, 3.8) is 0 Å². The van der Waals surface area contributed by atoms with Gasteiger partial charge in [0.15, 0.2) is 0 Å². The van der Waals surface area contributed by atoms with Crippen LogP contribution in [0.15, 0.2) is 73.1 Å². The van der Waals surface area contributed by atoms with Gasteiger partial charge in [0.1, 0.15) is 6.61 Å². The van der Waals surface area contributed by atoms with Crippen molar-refractivity contribution < 1.29 is 9.53 Å². The predicted octanol–water partition coefficient (Wildman–Crippen LogP) is 4.80. The first kappa shape index (κ1) is 21.3. The van der Waals surface area contributed by atoms with Gasteiger partial charge in [-0.25, -0.2) is 9.48 Å². The van der Waals surface area contributed by atoms with Crippen LogP contribution in [0, 0.1) is 20.8 Å². The highest BCUT2D eigenvalue weighted by atomic mass is 16.5. The number of hydrogen-bond donors (Lipinski definition) is 0. The van der Waals surface area contributed by atoms with E-state index in [1.54, 1.807) is 17.0 Å². The maximum atomic E-state index is 12.2. The van der Waals surface area contributed by atoms with E-state index in [0.717, 1.165) is 28.2 Å². The maximum Gasteiger partial charge on any atom is 0.331 e. The average molecular weight is 427 g/mol. The van der Waals surface area contributed by atoms with E-state index in [0.29, 0.717) is 6.54 Å². The van der Waals surface area contributed by atoms with E-state index >= 15 is 0 Å². The summed E-state index contributed by atoms with van der Waals surface area (Å²) < 4.78 is 9.14. The molecule has 4 aromatic rings. The average Bonchev–Trinajstić information content (AvgIpc) is 3.42. The van der Waals surface area contributed by atoms with Crippen molar-refractivity contribution in [2.45, 2.75) is 33.9 Å². The summed E-state index contributed by atoms with van der Waals surface area (Å²) in [5.74, 6) is -0.383. The minimum Gasteiger partial charge on any atom is -0.458 e. The molecule has 2 aromatic carbocycles. The summed E-state index contributed by atoms with van der Waals surface area (Å²) in [4.78, 5) is 12.2. The molecule has 0 amide bonds. The first-order chi connectivity index (χ1) is 15.5. The van der Waals surface area contributed by atoms with Crippen LogP contribution in [-0.2, 0) is 22.7 Å². The van der Waals surface area contributed by atoms with Crippen LogP contribution in [0.2, 0.25) is 0 Å². The molecule has 0 radical (unpaired) electrons. The van der Waals surface area contributed by atoms with Crippen molar-refractivity contribution in [3.8, 4) is 5.69 Å². The zero-order valence-corrected chi connectivity index (χ0v) is 18.5. The molecule has 0 aliphatic heterocycles. The van der Waals surface area contributed by atoms with Crippen LogP contribution in [-0.4, -0.2) is 25.5 Å². The topological polar surface area (TPSA) is 61.9 Å². The molecular weight excluding hydrogens is 400 g/mol. The number of carbonyl (C=O) groups is 1. The lowest BCUT2D eigenvalue weighted by Gasteiger charge is -2.06. The quantitative estimate of drug-likeness (QED) is 0.315. The third-order valence-corrected chi connectivity index (χ3v) is 5.36. The molecule has 162 valence electrons. The van der Waals surface area contributed by atoms with Gasteiger partial charge in [-0.05, 0) is 56.2 Å². The molecule has 0 saturated heterocycles. The SMILES string of the molecule is Cc1ccc(Cn2nc(C)c(/C=C/C(=O)OCc3ccc(-n4cccn4)cc3)c2C)cc1. The van der Waals surface area contributed by atoms with E-state index in [2.05, 4.69) is 41.4 Å². The highest BCUT2D eigenvalue weighted by molar-refractivity contribution is 5.87. The minimum absolute atomic E-state index is 0.215. The van der Waals surface area contributed by atoms with Crippen molar-refractivity contribution in [1.29, 1.82) is 0 Å². The molecule has 0 saturated carbocycles. The monoisotopic (exact) mass is 426 g/mol. The molecule has 32 heavy (non-hydrogen) atoms. The van der Waals surface area contributed by atoms with Crippen molar-refractivity contribution in [2.24, 2.45) is 0 Å². The number of ether oxygens (including phenoxy) is 1. The van der Waals surface area contributed by atoms with Gasteiger partial charge < -0.3 is 4.74 Å². The molecule has 0 unspecified atom stereocenters. The Morgan fingerprint density at radius 1 is 1.00 bits per heavy atom. The first-order valence-corrected chi connectivity index (χ1v) is 10.5. The molecule has 6 heteroatoms. The molecule has 0 spiro atoms. The Morgan fingerprint density at radius 3 is 2.41 bits per heavy atom. The van der Waals surface area contributed by atoms with Gasteiger partial charge in [0.2, 0.25) is 0 Å². The fourth-order valence-corrected chi connectivity index (χ4v) is 3.49. The van der Waals surface area contributed by atoms with E-state index < -0.39 is 0 Å². The van der Waals surface area contributed by atoms with Crippen molar-refractivity contribution in [2.75, 3.05) is 0 Å². The van der Waals surface area contributed by atoms with Crippen molar-refractivity contribution in [1.82, 2.24) is 19.6 Å². The van der Waals surface area contributed by atoms with Crippen LogP contribution in [0.25, 0.3) is 11.8 Å². The highest BCUT2D eigenvalue weighted by Crippen LogP contribution is 2.17. The second kappa shape index (κ2) is 9.47. The Balaban J connectivity index is 1.36. The summed E-state index contributed by atoms with van der Waals surface area (Å²) in [5.41, 5.74) is 7.14. The molecule has 0 bridgehead atoms. The van der Waals surface area contributed by atoms with Crippen molar-refractivity contribution in [3.05, 3.63) is 107 Å². The Kier molecular flexibility index (Phi) is 6.31. The Hall–Kier alpha value is -3.93. The van der Waals surface area contributed by atoms with Gasteiger partial charge in [-0.3, -0.25) is 4.68 Å². The molecule has 2 aromatic heterocycles. The smallest absolute Gasteiger partial charge is 0.331 e. The Labute approximate surface area is 187 Å². The summed E-state index contributed by atoms with van der Waals surface area (Å²) in [6.07, 6.45) is 6.86. The second-order valence-electron chi connectivity index (χ2n) is 7.79. The second-order valence-corrected chi connectivity index (χ2v) is 7.79.